The zero-order chi connectivity index (χ0) is 22.9. The molecule has 5 aromatic heterocycles. The van der Waals surface area contributed by atoms with Crippen molar-refractivity contribution in [3.63, 3.8) is 0 Å². The summed E-state index contributed by atoms with van der Waals surface area (Å²) in [5, 5.41) is 30.2. The van der Waals surface area contributed by atoms with E-state index in [4.69, 9.17) is 19.3 Å². The van der Waals surface area contributed by atoms with E-state index in [1.807, 2.05) is 19.1 Å². The molecule has 0 aliphatic heterocycles. The van der Waals surface area contributed by atoms with Crippen LogP contribution in [0.25, 0.3) is 28.2 Å². The first-order chi connectivity index (χ1) is 16.1. The average Bonchev–Trinajstić information content (AvgIpc) is 3.54. The van der Waals surface area contributed by atoms with E-state index in [1.54, 1.807) is 29.9 Å². The van der Waals surface area contributed by atoms with Crippen molar-refractivity contribution in [1.82, 2.24) is 39.7 Å². The molecule has 33 heavy (non-hydrogen) atoms. The van der Waals surface area contributed by atoms with Gasteiger partial charge >= 0.3 is 0 Å². The van der Waals surface area contributed by atoms with Gasteiger partial charge in [-0.25, -0.2) is 4.98 Å². The summed E-state index contributed by atoms with van der Waals surface area (Å²) in [5.74, 6) is 1.60. The van der Waals surface area contributed by atoms with Gasteiger partial charge in [0.25, 0.3) is 5.88 Å². The van der Waals surface area contributed by atoms with Gasteiger partial charge in [-0.1, -0.05) is 5.16 Å². The van der Waals surface area contributed by atoms with Gasteiger partial charge in [0.2, 0.25) is 5.82 Å². The third-order valence-corrected chi connectivity index (χ3v) is 4.99. The molecule has 0 saturated heterocycles. The molecule has 0 aliphatic carbocycles. The number of pyridine rings is 1. The van der Waals surface area contributed by atoms with Crippen LogP contribution in [-0.2, 0) is 13.2 Å². The molecule has 0 fully saturated rings. The fourth-order valence-corrected chi connectivity index (χ4v) is 3.36. The lowest BCUT2D eigenvalue weighted by molar-refractivity contribution is 0.264. The van der Waals surface area contributed by atoms with Gasteiger partial charge in [-0.05, 0) is 26.0 Å². The molecule has 0 amide bonds. The number of nitriles is 1. The molecule has 0 saturated carbocycles. The first-order valence-electron chi connectivity index (χ1n) is 10.1. The van der Waals surface area contributed by atoms with Gasteiger partial charge in [-0.3, -0.25) is 4.68 Å². The molecule has 5 rings (SSSR count). The van der Waals surface area contributed by atoms with Crippen LogP contribution < -0.4 is 9.47 Å². The lowest BCUT2D eigenvalue weighted by Gasteiger charge is -2.10. The SMILES string of the molecule is COc1cc2nnc(-c3cc(C)on3)n2nc1OCc1ccc2c(cnn2CC(C)C#N)n1. The minimum Gasteiger partial charge on any atom is -0.491 e. The summed E-state index contributed by atoms with van der Waals surface area (Å²) in [6, 6.07) is 9.41. The second-order valence-electron chi connectivity index (χ2n) is 7.49. The van der Waals surface area contributed by atoms with Crippen molar-refractivity contribution in [3.8, 4) is 29.2 Å². The van der Waals surface area contributed by atoms with E-state index in [9.17, 15) is 0 Å². The smallest absolute Gasteiger partial charge is 0.275 e. The van der Waals surface area contributed by atoms with E-state index < -0.39 is 0 Å². The molecular formula is C21H19N9O3. The molecule has 0 radical (unpaired) electrons. The second-order valence-corrected chi connectivity index (χ2v) is 7.49. The predicted octanol–water partition coefficient (Wildman–Crippen LogP) is 2.58. The standard InChI is InChI=1S/C21H19N9O3/c1-12(8-22)10-29-17-5-4-14(24-16(17)9-23-29)11-32-21-18(31-3)7-19-25-26-20(30(19)27-21)15-6-13(2)33-28-15/h4-7,9,12H,10-11H2,1-3H3. The number of ether oxygens (including phenoxy) is 2. The van der Waals surface area contributed by atoms with E-state index in [0.717, 1.165) is 11.0 Å². The Bertz CT molecular complexity index is 1490. The van der Waals surface area contributed by atoms with Gasteiger partial charge in [-0.2, -0.15) is 14.9 Å². The molecule has 5 heterocycles. The van der Waals surface area contributed by atoms with Crippen LogP contribution in [0.3, 0.4) is 0 Å². The fourth-order valence-electron chi connectivity index (χ4n) is 3.36. The molecule has 1 atom stereocenters. The molecule has 12 nitrogen and oxygen atoms in total. The number of rotatable bonds is 7. The largest absolute Gasteiger partial charge is 0.491 e. The average molecular weight is 445 g/mol. The number of aromatic nitrogens is 8. The minimum atomic E-state index is -0.145. The second kappa shape index (κ2) is 8.19. The number of nitrogens with zero attached hydrogens (tertiary/aromatic N) is 9. The van der Waals surface area contributed by atoms with Crippen molar-refractivity contribution in [2.45, 2.75) is 27.0 Å². The van der Waals surface area contributed by atoms with Crippen LogP contribution in [0, 0.1) is 24.2 Å². The number of hydrogen-bond donors (Lipinski definition) is 0. The van der Waals surface area contributed by atoms with Crippen molar-refractivity contribution < 1.29 is 14.0 Å². The third kappa shape index (κ3) is 3.80. The molecular weight excluding hydrogens is 426 g/mol. The Morgan fingerprint density at radius 2 is 2.12 bits per heavy atom. The monoisotopic (exact) mass is 445 g/mol. The molecule has 5 aromatic rings. The van der Waals surface area contributed by atoms with Crippen LogP contribution in [-0.4, -0.2) is 46.8 Å². The predicted molar refractivity (Wildman–Crippen MR) is 114 cm³/mol. The minimum absolute atomic E-state index is 0.145. The van der Waals surface area contributed by atoms with Crippen LogP contribution in [0.5, 0.6) is 11.6 Å². The topological polar surface area (TPSA) is 142 Å². The quantitative estimate of drug-likeness (QED) is 0.367. The summed E-state index contributed by atoms with van der Waals surface area (Å²) in [4.78, 5) is 4.61. The van der Waals surface area contributed by atoms with Gasteiger partial charge < -0.3 is 14.0 Å². The van der Waals surface area contributed by atoms with Gasteiger partial charge in [0, 0.05) is 12.1 Å². The molecule has 12 heteroatoms. The van der Waals surface area contributed by atoms with Crippen molar-refractivity contribution in [1.29, 1.82) is 5.26 Å². The highest BCUT2D eigenvalue weighted by atomic mass is 16.5. The first-order valence-corrected chi connectivity index (χ1v) is 10.1. The third-order valence-electron chi connectivity index (χ3n) is 4.99. The van der Waals surface area contributed by atoms with E-state index in [1.165, 1.54) is 11.6 Å². The maximum atomic E-state index is 9.05. The van der Waals surface area contributed by atoms with Gasteiger partial charge in [0.05, 0.1) is 43.0 Å². The molecule has 0 bridgehead atoms. The Kier molecular flexibility index (Phi) is 5.06. The molecule has 0 N–H and O–H groups in total. The number of aryl methyl sites for hydroxylation is 1. The van der Waals surface area contributed by atoms with Gasteiger partial charge in [-0.15, -0.1) is 15.3 Å². The number of hydrogen-bond acceptors (Lipinski definition) is 10. The highest BCUT2D eigenvalue weighted by molar-refractivity contribution is 5.74. The Morgan fingerprint density at radius 3 is 2.88 bits per heavy atom. The van der Waals surface area contributed by atoms with Crippen LogP contribution in [0.1, 0.15) is 18.4 Å². The normalized spacial score (nSPS) is 12.2. The zero-order valence-corrected chi connectivity index (χ0v) is 18.1. The van der Waals surface area contributed by atoms with E-state index in [-0.39, 0.29) is 18.4 Å². The van der Waals surface area contributed by atoms with Gasteiger partial charge in [0.1, 0.15) is 17.9 Å². The molecule has 166 valence electrons. The van der Waals surface area contributed by atoms with Crippen molar-refractivity contribution in [3.05, 3.63) is 41.9 Å². The van der Waals surface area contributed by atoms with Gasteiger partial charge in [0.15, 0.2) is 17.1 Å². The fraction of sp³-hybridized carbons (Fsp3) is 0.286. The van der Waals surface area contributed by atoms with Crippen LogP contribution in [0.15, 0.2) is 35.0 Å². The van der Waals surface area contributed by atoms with Crippen molar-refractivity contribution >= 4 is 16.7 Å². The summed E-state index contributed by atoms with van der Waals surface area (Å²) in [7, 11) is 1.53. The van der Waals surface area contributed by atoms with Crippen molar-refractivity contribution in [2.75, 3.05) is 7.11 Å². The molecule has 0 spiro atoms. The van der Waals surface area contributed by atoms with E-state index >= 15 is 0 Å². The lowest BCUT2D eigenvalue weighted by atomic mass is 10.2. The molecule has 0 aliphatic rings. The summed E-state index contributed by atoms with van der Waals surface area (Å²) in [5.41, 5.74) is 3.26. The van der Waals surface area contributed by atoms with E-state index in [2.05, 4.69) is 36.6 Å². The zero-order valence-electron chi connectivity index (χ0n) is 18.1. The van der Waals surface area contributed by atoms with Crippen LogP contribution >= 0.6 is 0 Å². The molecule has 0 aromatic carbocycles. The number of fused-ring (bicyclic) bond motifs is 2. The van der Waals surface area contributed by atoms with Crippen LogP contribution in [0.2, 0.25) is 0 Å². The van der Waals surface area contributed by atoms with Crippen LogP contribution in [0.4, 0.5) is 0 Å². The lowest BCUT2D eigenvalue weighted by Crippen LogP contribution is -2.07. The highest BCUT2D eigenvalue weighted by Gasteiger charge is 2.18. The maximum absolute atomic E-state index is 9.05. The number of methoxy groups -OCH3 is 1. The summed E-state index contributed by atoms with van der Waals surface area (Å²) < 4.78 is 19.8. The highest BCUT2D eigenvalue weighted by Crippen LogP contribution is 2.28. The summed E-state index contributed by atoms with van der Waals surface area (Å²) in [6.45, 7) is 4.31. The Morgan fingerprint density at radius 1 is 1.24 bits per heavy atom. The molecule has 1 unspecified atom stereocenters. The van der Waals surface area contributed by atoms with E-state index in [0.29, 0.717) is 40.9 Å². The summed E-state index contributed by atoms with van der Waals surface area (Å²) in [6.07, 6.45) is 1.68. The first kappa shape index (κ1) is 20.4. The maximum Gasteiger partial charge on any atom is 0.275 e. The Balaban J connectivity index is 1.41. The Hall–Kier alpha value is -4.53. The summed E-state index contributed by atoms with van der Waals surface area (Å²) >= 11 is 0. The Labute approximate surface area is 187 Å². The van der Waals surface area contributed by atoms with Crippen molar-refractivity contribution in [2.24, 2.45) is 5.92 Å².